The fourth-order valence-corrected chi connectivity index (χ4v) is 0.932. The molecule has 0 fully saturated rings. The number of hydrogen-bond donors (Lipinski definition) is 1. The molecule has 0 aliphatic carbocycles. The fraction of sp³-hybridized carbons (Fsp3) is 0.714. The first-order valence-corrected chi connectivity index (χ1v) is 4.13. The van der Waals surface area contributed by atoms with Gasteiger partial charge in [-0.2, -0.15) is 0 Å². The Morgan fingerprint density at radius 3 is 2.38 bits per heavy atom. The highest BCUT2D eigenvalue weighted by molar-refractivity contribution is 5.85. The molecule has 1 aromatic rings. The molecule has 0 bridgehead atoms. The van der Waals surface area contributed by atoms with E-state index in [-0.39, 0.29) is 12.4 Å². The minimum absolute atomic E-state index is 0. The molecule has 0 atom stereocenters. The van der Waals surface area contributed by atoms with Crippen LogP contribution in [0.5, 0.6) is 0 Å². The van der Waals surface area contributed by atoms with Gasteiger partial charge in [0.15, 0.2) is 12.2 Å². The van der Waals surface area contributed by atoms with Crippen molar-refractivity contribution in [2.45, 2.75) is 25.7 Å². The first-order chi connectivity index (χ1) is 5.93. The Morgan fingerprint density at radius 2 is 1.77 bits per heavy atom. The number of unbranched alkanes of at least 4 members (excludes halogenated alkanes) is 2. The smallest absolute Gasteiger partial charge is 0.173 e. The van der Waals surface area contributed by atoms with Crippen LogP contribution in [0.15, 0.2) is 6.33 Å². The van der Waals surface area contributed by atoms with E-state index in [9.17, 15) is 0 Å². The average Bonchev–Trinajstić information content (AvgIpc) is 2.14. The molecule has 0 unspecified atom stereocenters. The zero-order chi connectivity index (χ0) is 8.65. The van der Waals surface area contributed by atoms with Gasteiger partial charge in [0, 0.05) is 6.42 Å². The van der Waals surface area contributed by atoms with E-state index in [0.29, 0.717) is 0 Å². The highest BCUT2D eigenvalue weighted by Gasteiger charge is 1.95. The van der Waals surface area contributed by atoms with Gasteiger partial charge in [-0.25, -0.2) is 0 Å². The van der Waals surface area contributed by atoms with Gasteiger partial charge in [0.25, 0.3) is 0 Å². The predicted octanol–water partition coefficient (Wildman–Crippen LogP) is 0.360. The highest BCUT2D eigenvalue weighted by atomic mass is 35.5. The van der Waals surface area contributed by atoms with Crippen LogP contribution >= 0.6 is 12.4 Å². The molecule has 0 amide bonds. The predicted molar refractivity (Wildman–Crippen MR) is 51.5 cm³/mol. The number of hydrogen-bond acceptors (Lipinski definition) is 5. The summed E-state index contributed by atoms with van der Waals surface area (Å²) < 4.78 is 0. The Balaban J connectivity index is 0.00000144. The van der Waals surface area contributed by atoms with Crippen LogP contribution < -0.4 is 5.73 Å². The summed E-state index contributed by atoms with van der Waals surface area (Å²) >= 11 is 0. The van der Waals surface area contributed by atoms with E-state index in [1.165, 1.54) is 6.33 Å². The molecule has 0 saturated carbocycles. The standard InChI is InChI=1S/C7H13N5.ClH/c8-5-3-1-2-4-7-11-9-6-10-12-7;/h6H,1-5,8H2;1H. The van der Waals surface area contributed by atoms with Gasteiger partial charge in [0.1, 0.15) is 0 Å². The molecule has 0 spiro atoms. The molecule has 0 aliphatic heterocycles. The Bertz CT molecular complexity index is 205. The normalized spacial score (nSPS) is 9.31. The lowest BCUT2D eigenvalue weighted by Crippen LogP contribution is -2.01. The summed E-state index contributed by atoms with van der Waals surface area (Å²) in [7, 11) is 0. The van der Waals surface area contributed by atoms with Gasteiger partial charge in [-0.1, -0.05) is 6.42 Å². The fourth-order valence-electron chi connectivity index (χ4n) is 0.932. The molecule has 0 saturated heterocycles. The van der Waals surface area contributed by atoms with Crippen molar-refractivity contribution >= 4 is 12.4 Å². The largest absolute Gasteiger partial charge is 0.330 e. The third-order valence-electron chi connectivity index (χ3n) is 1.55. The molecule has 0 aliphatic rings. The van der Waals surface area contributed by atoms with E-state index in [0.717, 1.165) is 38.1 Å². The summed E-state index contributed by atoms with van der Waals surface area (Å²) in [5.74, 6) is 0.717. The minimum Gasteiger partial charge on any atom is -0.330 e. The topological polar surface area (TPSA) is 77.6 Å². The van der Waals surface area contributed by atoms with Gasteiger partial charge >= 0.3 is 0 Å². The van der Waals surface area contributed by atoms with Crippen LogP contribution in [0.25, 0.3) is 0 Å². The molecule has 1 aromatic heterocycles. The lowest BCUT2D eigenvalue weighted by Gasteiger charge is -1.96. The summed E-state index contributed by atoms with van der Waals surface area (Å²) in [6.07, 6.45) is 5.43. The van der Waals surface area contributed by atoms with Crippen molar-refractivity contribution in [3.63, 3.8) is 0 Å². The van der Waals surface area contributed by atoms with Crippen molar-refractivity contribution in [3.05, 3.63) is 12.2 Å². The maximum Gasteiger partial charge on any atom is 0.173 e. The Hall–Kier alpha value is -0.810. The third-order valence-corrected chi connectivity index (χ3v) is 1.55. The lowest BCUT2D eigenvalue weighted by atomic mass is 10.2. The minimum atomic E-state index is 0. The Morgan fingerprint density at radius 1 is 1.08 bits per heavy atom. The van der Waals surface area contributed by atoms with Crippen LogP contribution in [0, 0.1) is 0 Å². The zero-order valence-electron chi connectivity index (χ0n) is 7.39. The van der Waals surface area contributed by atoms with Crippen LogP contribution in [-0.2, 0) is 6.42 Å². The molecule has 1 rings (SSSR count). The van der Waals surface area contributed by atoms with Gasteiger partial charge in [0.2, 0.25) is 0 Å². The van der Waals surface area contributed by atoms with Crippen molar-refractivity contribution < 1.29 is 0 Å². The van der Waals surface area contributed by atoms with Crippen LogP contribution in [0.2, 0.25) is 0 Å². The first kappa shape index (κ1) is 12.2. The molecule has 0 aromatic carbocycles. The van der Waals surface area contributed by atoms with Gasteiger partial charge in [-0.3, -0.25) is 0 Å². The number of aromatic nitrogens is 4. The van der Waals surface area contributed by atoms with Gasteiger partial charge < -0.3 is 5.73 Å². The molecule has 2 N–H and O–H groups in total. The second-order valence-electron chi connectivity index (χ2n) is 2.56. The van der Waals surface area contributed by atoms with Crippen molar-refractivity contribution in [2.24, 2.45) is 5.73 Å². The molecular formula is C7H14ClN5. The molecule has 6 heteroatoms. The zero-order valence-corrected chi connectivity index (χ0v) is 8.20. The van der Waals surface area contributed by atoms with Gasteiger partial charge in [-0.15, -0.1) is 32.8 Å². The summed E-state index contributed by atoms with van der Waals surface area (Å²) in [6.45, 7) is 0.756. The van der Waals surface area contributed by atoms with Crippen LogP contribution in [0.4, 0.5) is 0 Å². The number of rotatable bonds is 5. The Labute approximate surface area is 83.6 Å². The van der Waals surface area contributed by atoms with E-state index >= 15 is 0 Å². The van der Waals surface area contributed by atoms with E-state index in [1.807, 2.05) is 0 Å². The molecule has 13 heavy (non-hydrogen) atoms. The van der Waals surface area contributed by atoms with Gasteiger partial charge in [-0.05, 0) is 19.4 Å². The third kappa shape index (κ3) is 5.43. The average molecular weight is 204 g/mol. The summed E-state index contributed by atoms with van der Waals surface area (Å²) in [4.78, 5) is 0. The van der Waals surface area contributed by atoms with E-state index in [4.69, 9.17) is 5.73 Å². The maximum atomic E-state index is 5.35. The lowest BCUT2D eigenvalue weighted by molar-refractivity contribution is 0.646. The molecule has 0 radical (unpaired) electrons. The highest BCUT2D eigenvalue weighted by Crippen LogP contribution is 1.98. The quantitative estimate of drug-likeness (QED) is 0.700. The molecule has 5 nitrogen and oxygen atoms in total. The number of halogens is 1. The second-order valence-corrected chi connectivity index (χ2v) is 2.56. The van der Waals surface area contributed by atoms with E-state index in [2.05, 4.69) is 20.4 Å². The first-order valence-electron chi connectivity index (χ1n) is 4.13. The van der Waals surface area contributed by atoms with E-state index in [1.54, 1.807) is 0 Å². The summed E-state index contributed by atoms with van der Waals surface area (Å²) in [6, 6.07) is 0. The van der Waals surface area contributed by atoms with E-state index < -0.39 is 0 Å². The van der Waals surface area contributed by atoms with Crippen LogP contribution in [-0.4, -0.2) is 26.9 Å². The van der Waals surface area contributed by atoms with Crippen LogP contribution in [0.1, 0.15) is 25.1 Å². The second kappa shape index (κ2) is 7.82. The molecule has 74 valence electrons. The molecule has 1 heterocycles. The van der Waals surface area contributed by atoms with Crippen molar-refractivity contribution in [2.75, 3.05) is 6.54 Å². The monoisotopic (exact) mass is 203 g/mol. The maximum absolute atomic E-state index is 5.35. The summed E-state index contributed by atoms with van der Waals surface area (Å²) in [5, 5.41) is 14.9. The number of nitrogens with zero attached hydrogens (tertiary/aromatic N) is 4. The van der Waals surface area contributed by atoms with Gasteiger partial charge in [0.05, 0.1) is 0 Å². The van der Waals surface area contributed by atoms with Crippen LogP contribution in [0.3, 0.4) is 0 Å². The van der Waals surface area contributed by atoms with Crippen molar-refractivity contribution in [1.29, 1.82) is 0 Å². The Kier molecular flexibility index (Phi) is 7.33. The summed E-state index contributed by atoms with van der Waals surface area (Å²) in [5.41, 5.74) is 5.35. The van der Waals surface area contributed by atoms with Crippen molar-refractivity contribution in [3.8, 4) is 0 Å². The number of nitrogens with two attached hydrogens (primary N) is 1. The van der Waals surface area contributed by atoms with Crippen molar-refractivity contribution in [1.82, 2.24) is 20.4 Å². The number of aryl methyl sites for hydroxylation is 1. The molecular weight excluding hydrogens is 190 g/mol. The SMILES string of the molecule is Cl.NCCCCCc1nncnn1.